The van der Waals surface area contributed by atoms with Crippen molar-refractivity contribution < 1.29 is 28.0 Å². The van der Waals surface area contributed by atoms with Crippen LogP contribution in [0.4, 0.5) is 0 Å². The topological polar surface area (TPSA) is 90.0 Å². The molecule has 2 aromatic rings. The second kappa shape index (κ2) is 9.47. The fourth-order valence-corrected chi connectivity index (χ4v) is 5.13. The van der Waals surface area contributed by atoms with E-state index in [0.29, 0.717) is 0 Å². The van der Waals surface area contributed by atoms with Gasteiger partial charge in [0.05, 0.1) is 24.3 Å². The number of carbonyl (C=O) groups is 3. The first-order chi connectivity index (χ1) is 14.4. The largest absolute Gasteiger partial charge is 0.338 e. The molecule has 158 valence electrons. The van der Waals surface area contributed by atoms with Crippen LogP contribution in [0.25, 0.3) is 0 Å². The maximum absolute atomic E-state index is 13.3. The Labute approximate surface area is 175 Å². The second-order valence-electron chi connectivity index (χ2n) is 6.80. The molecule has 7 nitrogen and oxygen atoms in total. The van der Waals surface area contributed by atoms with Crippen molar-refractivity contribution in [1.82, 2.24) is 4.90 Å². The molecule has 30 heavy (non-hydrogen) atoms. The lowest BCUT2D eigenvalue weighted by molar-refractivity contribution is -0.120. The van der Waals surface area contributed by atoms with Crippen LogP contribution in [0.15, 0.2) is 54.6 Å². The van der Waals surface area contributed by atoms with Crippen LogP contribution >= 0.6 is 7.60 Å². The van der Waals surface area contributed by atoms with E-state index in [4.69, 9.17) is 9.05 Å². The quantitative estimate of drug-likeness (QED) is 0.422. The zero-order chi connectivity index (χ0) is 21.7. The Kier molecular flexibility index (Phi) is 6.98. The molecule has 0 aromatic heterocycles. The highest BCUT2D eigenvalue weighted by molar-refractivity contribution is 7.54. The van der Waals surface area contributed by atoms with Gasteiger partial charge in [-0.05, 0) is 31.5 Å². The van der Waals surface area contributed by atoms with Crippen molar-refractivity contribution >= 4 is 25.2 Å². The number of rotatable bonds is 10. The highest BCUT2D eigenvalue weighted by atomic mass is 31.2. The van der Waals surface area contributed by atoms with Gasteiger partial charge in [-0.25, -0.2) is 0 Å². The molecule has 0 spiro atoms. The molecule has 2 aromatic carbocycles. The third-order valence-electron chi connectivity index (χ3n) is 4.78. The lowest BCUT2D eigenvalue weighted by Gasteiger charge is -2.27. The fourth-order valence-electron chi connectivity index (χ4n) is 3.50. The third kappa shape index (κ3) is 4.59. The number of Topliss-reactive ketones (excluding diaryl/α,β-unsaturated/α-hetero) is 1. The van der Waals surface area contributed by atoms with Crippen LogP contribution in [0.2, 0.25) is 0 Å². The van der Waals surface area contributed by atoms with Crippen LogP contribution in [0.1, 0.15) is 40.1 Å². The Morgan fingerprint density at radius 2 is 1.40 bits per heavy atom. The van der Waals surface area contributed by atoms with Crippen LogP contribution in [0.5, 0.6) is 0 Å². The summed E-state index contributed by atoms with van der Waals surface area (Å²) in [7, 11) is -3.69. The Morgan fingerprint density at radius 1 is 0.900 bits per heavy atom. The smallest absolute Gasteiger partial charge is 0.309 e. The average Bonchev–Trinajstić information content (AvgIpc) is 2.98. The van der Waals surface area contributed by atoms with Crippen molar-refractivity contribution in [3.63, 3.8) is 0 Å². The number of ketones is 1. The van der Waals surface area contributed by atoms with Crippen molar-refractivity contribution in [2.24, 2.45) is 0 Å². The van der Waals surface area contributed by atoms with Gasteiger partial charge in [0.25, 0.3) is 11.8 Å². The summed E-state index contributed by atoms with van der Waals surface area (Å²) in [6, 6.07) is 14.4. The SMILES string of the molecule is CCOP(=O)(CC(=O)C(Cc1ccccc1)N1C(=O)c2ccccc2C1=O)OCC. The molecule has 0 bridgehead atoms. The van der Waals surface area contributed by atoms with Crippen molar-refractivity contribution in [3.05, 3.63) is 71.3 Å². The predicted molar refractivity (Wildman–Crippen MR) is 112 cm³/mol. The Hall–Kier alpha value is -2.60. The Balaban J connectivity index is 1.95. The molecule has 0 radical (unpaired) electrons. The molecular weight excluding hydrogens is 405 g/mol. The number of benzene rings is 2. The van der Waals surface area contributed by atoms with E-state index in [2.05, 4.69) is 0 Å². The Bertz CT molecular complexity index is 945. The first kappa shape index (κ1) is 22.1. The second-order valence-corrected chi connectivity index (χ2v) is 8.86. The first-order valence-corrected chi connectivity index (χ1v) is 11.5. The molecule has 1 atom stereocenters. The number of imide groups is 1. The minimum absolute atomic E-state index is 0.112. The van der Waals surface area contributed by atoms with Gasteiger partial charge < -0.3 is 9.05 Å². The molecule has 1 aliphatic heterocycles. The zero-order valence-corrected chi connectivity index (χ0v) is 17.8. The monoisotopic (exact) mass is 429 g/mol. The summed E-state index contributed by atoms with van der Waals surface area (Å²) in [5.74, 6) is -1.61. The van der Waals surface area contributed by atoms with Crippen molar-refractivity contribution in [2.75, 3.05) is 19.4 Å². The lowest BCUT2D eigenvalue weighted by Crippen LogP contribution is -2.47. The number of hydrogen-bond acceptors (Lipinski definition) is 6. The number of nitrogens with zero attached hydrogens (tertiary/aromatic N) is 1. The van der Waals surface area contributed by atoms with Crippen LogP contribution in [0, 0.1) is 0 Å². The van der Waals surface area contributed by atoms with E-state index in [1.165, 1.54) is 0 Å². The summed E-state index contributed by atoms with van der Waals surface area (Å²) in [5.41, 5.74) is 1.28. The average molecular weight is 429 g/mol. The number of hydrogen-bond donors (Lipinski definition) is 0. The Morgan fingerprint density at radius 3 is 1.90 bits per heavy atom. The summed E-state index contributed by atoms with van der Waals surface area (Å²) < 4.78 is 23.4. The molecule has 0 N–H and O–H groups in total. The van der Waals surface area contributed by atoms with Crippen LogP contribution < -0.4 is 0 Å². The normalized spacial score (nSPS) is 14.7. The van der Waals surface area contributed by atoms with Gasteiger partial charge in [0.2, 0.25) is 0 Å². The summed E-state index contributed by atoms with van der Waals surface area (Å²) in [6.07, 6.45) is -0.400. The van der Waals surface area contributed by atoms with Gasteiger partial charge in [-0.3, -0.25) is 23.8 Å². The molecule has 1 unspecified atom stereocenters. The molecule has 0 aliphatic carbocycles. The molecular formula is C22H24NO6P. The molecule has 0 fully saturated rings. The molecule has 1 aliphatic rings. The minimum atomic E-state index is -3.69. The van der Waals surface area contributed by atoms with Crippen LogP contribution in [0.3, 0.4) is 0 Å². The molecule has 8 heteroatoms. The summed E-state index contributed by atoms with van der Waals surface area (Å²) in [4.78, 5) is 40.2. The van der Waals surface area contributed by atoms with Crippen LogP contribution in [-0.2, 0) is 24.8 Å². The first-order valence-electron chi connectivity index (χ1n) is 9.82. The van der Waals surface area contributed by atoms with E-state index in [1.54, 1.807) is 38.1 Å². The summed E-state index contributed by atoms with van der Waals surface area (Å²) in [5, 5.41) is 0. The highest BCUT2D eigenvalue weighted by Gasteiger charge is 2.44. The van der Waals surface area contributed by atoms with Gasteiger partial charge >= 0.3 is 7.60 Å². The third-order valence-corrected chi connectivity index (χ3v) is 6.78. The molecule has 0 saturated carbocycles. The molecule has 2 amide bonds. The van der Waals surface area contributed by atoms with Crippen molar-refractivity contribution in [3.8, 4) is 0 Å². The molecule has 0 saturated heterocycles. The van der Waals surface area contributed by atoms with Gasteiger partial charge in [-0.15, -0.1) is 0 Å². The molecule has 1 heterocycles. The van der Waals surface area contributed by atoms with Gasteiger partial charge in [0, 0.05) is 6.42 Å². The van der Waals surface area contributed by atoms with E-state index in [0.717, 1.165) is 10.5 Å². The van der Waals surface area contributed by atoms with Gasteiger partial charge in [-0.1, -0.05) is 42.5 Å². The van der Waals surface area contributed by atoms with Crippen molar-refractivity contribution in [2.45, 2.75) is 26.3 Å². The lowest BCUT2D eigenvalue weighted by atomic mass is 10.0. The van der Waals surface area contributed by atoms with Crippen molar-refractivity contribution in [1.29, 1.82) is 0 Å². The number of carbonyl (C=O) groups excluding carboxylic acids is 3. The van der Waals surface area contributed by atoms with Crippen LogP contribution in [-0.4, -0.2) is 47.9 Å². The highest BCUT2D eigenvalue weighted by Crippen LogP contribution is 2.48. The summed E-state index contributed by atoms with van der Waals surface area (Å²) >= 11 is 0. The van der Waals surface area contributed by atoms with E-state index < -0.39 is 37.4 Å². The standard InChI is InChI=1S/C22H24NO6P/c1-3-28-30(27,29-4-2)15-20(24)19(14-16-10-6-5-7-11-16)23-21(25)17-12-8-9-13-18(17)22(23)26/h5-13,19H,3-4,14-15H2,1-2H3. The number of fused-ring (bicyclic) bond motifs is 1. The van der Waals surface area contributed by atoms with E-state index >= 15 is 0 Å². The van der Waals surface area contributed by atoms with E-state index in [-0.39, 0.29) is 30.8 Å². The fraction of sp³-hybridized carbons (Fsp3) is 0.318. The van der Waals surface area contributed by atoms with E-state index in [9.17, 15) is 18.9 Å². The maximum atomic E-state index is 13.3. The predicted octanol–water partition coefficient (Wildman–Crippen LogP) is 3.73. The van der Waals surface area contributed by atoms with Gasteiger partial charge in [-0.2, -0.15) is 0 Å². The molecule has 3 rings (SSSR count). The zero-order valence-electron chi connectivity index (χ0n) is 16.9. The number of amides is 2. The van der Waals surface area contributed by atoms with Gasteiger partial charge in [0.15, 0.2) is 5.78 Å². The maximum Gasteiger partial charge on any atom is 0.338 e. The van der Waals surface area contributed by atoms with E-state index in [1.807, 2.05) is 30.3 Å². The minimum Gasteiger partial charge on any atom is -0.309 e. The summed E-state index contributed by atoms with van der Waals surface area (Å²) in [6.45, 7) is 3.53. The van der Waals surface area contributed by atoms with Gasteiger partial charge in [0.1, 0.15) is 12.2 Å².